The lowest BCUT2D eigenvalue weighted by molar-refractivity contribution is -0.116. The predicted molar refractivity (Wildman–Crippen MR) is 106 cm³/mol. The molecule has 0 saturated carbocycles. The third-order valence-corrected chi connectivity index (χ3v) is 5.03. The molecular weight excluding hydrogens is 351 g/mol. The third-order valence-electron chi connectivity index (χ3n) is 4.13. The lowest BCUT2D eigenvalue weighted by atomic mass is 10.1. The van der Waals surface area contributed by atoms with Crippen molar-refractivity contribution in [2.24, 2.45) is 0 Å². The molecule has 148 valence electrons. The van der Waals surface area contributed by atoms with E-state index < -0.39 is 7.60 Å². The molecule has 1 amide bonds. The zero-order chi connectivity index (χ0) is 19.3. The van der Waals surface area contributed by atoms with Crippen molar-refractivity contribution in [3.8, 4) is 0 Å². The molecule has 0 fully saturated rings. The van der Waals surface area contributed by atoms with Crippen molar-refractivity contribution < 1.29 is 19.1 Å². The van der Waals surface area contributed by atoms with E-state index in [1.165, 1.54) is 25.7 Å². The average molecular weight is 384 g/mol. The molecule has 0 heterocycles. The van der Waals surface area contributed by atoms with Gasteiger partial charge in [0, 0.05) is 18.7 Å². The summed E-state index contributed by atoms with van der Waals surface area (Å²) >= 11 is 0. The molecule has 1 rings (SSSR count). The summed E-state index contributed by atoms with van der Waals surface area (Å²) < 4.78 is 10.7. The first-order valence-electron chi connectivity index (χ1n) is 9.55. The number of rotatable bonds is 14. The molecular formula is C19H33N2O4P. The highest BCUT2D eigenvalue weighted by molar-refractivity contribution is 7.51. The molecule has 0 atom stereocenters. The maximum Gasteiger partial charge on any atom is 0.325 e. The topological polar surface area (TPSA) is 98.7 Å². The van der Waals surface area contributed by atoms with Gasteiger partial charge in [-0.1, -0.05) is 51.2 Å². The Hall–Kier alpha value is -1.20. The van der Waals surface area contributed by atoms with Crippen LogP contribution in [0.2, 0.25) is 0 Å². The summed E-state index contributed by atoms with van der Waals surface area (Å²) in [7, 11) is -3.89. The van der Waals surface area contributed by atoms with E-state index in [2.05, 4.69) is 17.6 Å². The van der Waals surface area contributed by atoms with E-state index in [1.54, 1.807) is 0 Å². The molecule has 1 aromatic carbocycles. The number of benzene rings is 1. The van der Waals surface area contributed by atoms with Gasteiger partial charge in [0.15, 0.2) is 0 Å². The van der Waals surface area contributed by atoms with E-state index in [-0.39, 0.29) is 12.1 Å². The molecule has 0 aliphatic rings. The third kappa shape index (κ3) is 12.2. The van der Waals surface area contributed by atoms with Gasteiger partial charge in [0.05, 0.1) is 6.16 Å². The normalized spacial score (nSPS) is 11.5. The summed E-state index contributed by atoms with van der Waals surface area (Å²) in [5.41, 5.74) is 1.86. The summed E-state index contributed by atoms with van der Waals surface area (Å²) in [6.07, 6.45) is 7.93. The van der Waals surface area contributed by atoms with Crippen molar-refractivity contribution in [3.05, 3.63) is 29.8 Å². The predicted octanol–water partition coefficient (Wildman–Crippen LogP) is 4.03. The van der Waals surface area contributed by atoms with E-state index in [0.717, 1.165) is 24.1 Å². The number of unbranched alkanes of at least 4 members (excludes halogenated alkanes) is 5. The minimum atomic E-state index is -3.89. The highest BCUT2D eigenvalue weighted by Gasteiger charge is 2.11. The monoisotopic (exact) mass is 384 g/mol. The van der Waals surface area contributed by atoms with Crippen LogP contribution in [0.4, 0.5) is 5.69 Å². The van der Waals surface area contributed by atoms with Gasteiger partial charge in [-0.15, -0.1) is 0 Å². The summed E-state index contributed by atoms with van der Waals surface area (Å²) in [5.74, 6) is 0.0591. The first kappa shape index (κ1) is 22.8. The van der Waals surface area contributed by atoms with Gasteiger partial charge in [-0.25, -0.2) is 0 Å². The van der Waals surface area contributed by atoms with Crippen LogP contribution < -0.4 is 10.6 Å². The lowest BCUT2D eigenvalue weighted by Gasteiger charge is -2.08. The van der Waals surface area contributed by atoms with Gasteiger partial charge in [-0.05, 0) is 37.1 Å². The van der Waals surface area contributed by atoms with Gasteiger partial charge in [-0.2, -0.15) is 0 Å². The van der Waals surface area contributed by atoms with Crippen LogP contribution in [0.15, 0.2) is 24.3 Å². The van der Waals surface area contributed by atoms with Crippen molar-refractivity contribution in [2.75, 3.05) is 18.0 Å². The number of carbonyl (C=O) groups excluding carboxylic acids is 1. The fraction of sp³-hybridized carbons (Fsp3) is 0.632. The molecule has 0 aliphatic carbocycles. The van der Waals surface area contributed by atoms with Crippen LogP contribution in [0, 0.1) is 0 Å². The fourth-order valence-corrected chi connectivity index (χ4v) is 3.21. The maximum absolute atomic E-state index is 11.9. The standard InChI is InChI=1S/C19H33N2O4P/c1-2-3-4-5-6-7-9-19(22)21-18-12-10-17(11-13-18)16-20-14-8-15-26(23,24)25/h10-13,20H,2-9,14-16H2,1H3,(H,21,22)(H2,23,24,25). The number of anilines is 1. The van der Waals surface area contributed by atoms with Crippen LogP contribution in [0.3, 0.4) is 0 Å². The van der Waals surface area contributed by atoms with Gasteiger partial charge < -0.3 is 20.4 Å². The maximum atomic E-state index is 11.9. The number of amides is 1. The van der Waals surface area contributed by atoms with Gasteiger partial charge in [0.1, 0.15) is 0 Å². The molecule has 0 aliphatic heterocycles. The van der Waals surface area contributed by atoms with Crippen LogP contribution in [0.1, 0.15) is 63.9 Å². The molecule has 0 saturated heterocycles. The average Bonchev–Trinajstić information content (AvgIpc) is 2.58. The highest BCUT2D eigenvalue weighted by atomic mass is 31.2. The molecule has 0 radical (unpaired) electrons. The molecule has 1 aromatic rings. The number of nitrogens with one attached hydrogen (secondary N) is 2. The second-order valence-electron chi connectivity index (χ2n) is 6.68. The van der Waals surface area contributed by atoms with Crippen LogP contribution >= 0.6 is 7.60 Å². The van der Waals surface area contributed by atoms with E-state index >= 15 is 0 Å². The minimum absolute atomic E-state index is 0.0591. The van der Waals surface area contributed by atoms with Gasteiger partial charge in [-0.3, -0.25) is 9.36 Å². The smallest absolute Gasteiger partial charge is 0.325 e. The van der Waals surface area contributed by atoms with E-state index in [0.29, 0.717) is 25.9 Å². The molecule has 0 unspecified atom stereocenters. The Morgan fingerprint density at radius 1 is 1.00 bits per heavy atom. The van der Waals surface area contributed by atoms with E-state index in [4.69, 9.17) is 9.79 Å². The Bertz CT molecular complexity index is 557. The number of hydrogen-bond donors (Lipinski definition) is 4. The molecule has 26 heavy (non-hydrogen) atoms. The van der Waals surface area contributed by atoms with Gasteiger partial charge in [0.25, 0.3) is 0 Å². The zero-order valence-corrected chi connectivity index (χ0v) is 16.6. The Kier molecular flexibility index (Phi) is 11.5. The first-order chi connectivity index (χ1) is 12.4. The van der Waals surface area contributed by atoms with E-state index in [1.807, 2.05) is 24.3 Å². The van der Waals surface area contributed by atoms with Crippen LogP contribution in [0.25, 0.3) is 0 Å². The summed E-state index contributed by atoms with van der Waals surface area (Å²) in [4.78, 5) is 29.5. The van der Waals surface area contributed by atoms with Crippen molar-refractivity contribution in [3.63, 3.8) is 0 Å². The Morgan fingerprint density at radius 2 is 1.65 bits per heavy atom. The SMILES string of the molecule is CCCCCCCCC(=O)Nc1ccc(CNCCCP(=O)(O)O)cc1. The zero-order valence-electron chi connectivity index (χ0n) is 15.7. The summed E-state index contributed by atoms with van der Waals surface area (Å²) in [6.45, 7) is 3.39. The quantitative estimate of drug-likeness (QED) is 0.287. The summed E-state index contributed by atoms with van der Waals surface area (Å²) in [5, 5.41) is 6.07. The van der Waals surface area contributed by atoms with Gasteiger partial charge >= 0.3 is 7.60 Å². The summed E-state index contributed by atoms with van der Waals surface area (Å²) in [6, 6.07) is 7.64. The molecule has 0 spiro atoms. The fourth-order valence-electron chi connectivity index (χ4n) is 2.64. The van der Waals surface area contributed by atoms with Crippen molar-refractivity contribution in [2.45, 2.75) is 64.8 Å². The van der Waals surface area contributed by atoms with Crippen molar-refractivity contribution in [1.29, 1.82) is 0 Å². The minimum Gasteiger partial charge on any atom is -0.326 e. The second kappa shape index (κ2) is 13.0. The van der Waals surface area contributed by atoms with Gasteiger partial charge in [0.2, 0.25) is 5.91 Å². The lowest BCUT2D eigenvalue weighted by Crippen LogP contribution is -2.16. The Balaban J connectivity index is 2.17. The number of carbonyl (C=O) groups is 1. The molecule has 0 aromatic heterocycles. The van der Waals surface area contributed by atoms with Crippen LogP contribution in [-0.4, -0.2) is 28.4 Å². The van der Waals surface area contributed by atoms with E-state index in [9.17, 15) is 9.36 Å². The number of hydrogen-bond acceptors (Lipinski definition) is 3. The van der Waals surface area contributed by atoms with Crippen LogP contribution in [-0.2, 0) is 15.9 Å². The Labute approximate surface area is 156 Å². The molecule has 4 N–H and O–H groups in total. The highest BCUT2D eigenvalue weighted by Crippen LogP contribution is 2.34. The Morgan fingerprint density at radius 3 is 2.31 bits per heavy atom. The largest absolute Gasteiger partial charge is 0.326 e. The first-order valence-corrected chi connectivity index (χ1v) is 11.3. The molecule has 7 heteroatoms. The van der Waals surface area contributed by atoms with Crippen LogP contribution in [0.5, 0.6) is 0 Å². The molecule has 0 bridgehead atoms. The van der Waals surface area contributed by atoms with Crippen molar-refractivity contribution in [1.82, 2.24) is 5.32 Å². The second-order valence-corrected chi connectivity index (χ2v) is 8.46. The molecule has 6 nitrogen and oxygen atoms in total. The van der Waals surface area contributed by atoms with Crippen molar-refractivity contribution >= 4 is 19.2 Å².